The highest BCUT2D eigenvalue weighted by molar-refractivity contribution is 6.31. The first kappa shape index (κ1) is 16.2. The van der Waals surface area contributed by atoms with Crippen LogP contribution in [-0.4, -0.2) is 24.4 Å². The Hall–Kier alpha value is -1.65. The van der Waals surface area contributed by atoms with Gasteiger partial charge >= 0.3 is 0 Å². The van der Waals surface area contributed by atoms with E-state index in [9.17, 15) is 9.59 Å². The van der Waals surface area contributed by atoms with E-state index in [0.717, 1.165) is 19.4 Å². The van der Waals surface area contributed by atoms with Crippen LogP contribution in [0.25, 0.3) is 0 Å². The van der Waals surface area contributed by atoms with Crippen LogP contribution in [0.4, 0.5) is 5.69 Å². The van der Waals surface area contributed by atoms with Gasteiger partial charge in [-0.1, -0.05) is 29.3 Å². The van der Waals surface area contributed by atoms with Crippen LogP contribution in [0.2, 0.25) is 5.02 Å². The lowest BCUT2D eigenvalue weighted by molar-refractivity contribution is -0.121. The second-order valence-corrected chi connectivity index (χ2v) is 6.55. The van der Waals surface area contributed by atoms with E-state index in [1.807, 2.05) is 0 Å². The number of carbonyl (C=O) groups is 2. The van der Waals surface area contributed by atoms with Crippen LogP contribution in [0.3, 0.4) is 0 Å². The predicted octanol–water partition coefficient (Wildman–Crippen LogP) is 3.45. The number of imide groups is 1. The highest BCUT2D eigenvalue weighted by atomic mass is 35.5. The van der Waals surface area contributed by atoms with Crippen LogP contribution in [-0.2, 0) is 9.59 Å². The zero-order valence-electron chi connectivity index (χ0n) is 13.1. The summed E-state index contributed by atoms with van der Waals surface area (Å²) in [4.78, 5) is 25.9. The Bertz CT molecular complexity index is 642. The van der Waals surface area contributed by atoms with E-state index in [4.69, 9.17) is 11.6 Å². The van der Waals surface area contributed by atoms with Gasteiger partial charge < -0.3 is 5.32 Å². The maximum atomic E-state index is 12.5. The maximum absolute atomic E-state index is 12.5. The number of amides is 2. The van der Waals surface area contributed by atoms with Crippen molar-refractivity contribution in [2.45, 2.75) is 44.6 Å². The summed E-state index contributed by atoms with van der Waals surface area (Å²) in [5.41, 5.74) is 2.01. The summed E-state index contributed by atoms with van der Waals surface area (Å²) in [7, 11) is 0. The molecule has 0 radical (unpaired) electrons. The minimum Gasteiger partial charge on any atom is -0.305 e. The van der Waals surface area contributed by atoms with Crippen molar-refractivity contribution in [2.75, 3.05) is 11.4 Å². The molecule has 1 atom stereocenters. The third-order valence-corrected chi connectivity index (χ3v) is 4.67. The minimum atomic E-state index is -0.425. The molecule has 5 heteroatoms. The van der Waals surface area contributed by atoms with Crippen LogP contribution in [0.5, 0.6) is 0 Å². The number of hydrogen-bond donors (Lipinski definition) is 1. The quantitative estimate of drug-likeness (QED) is 0.663. The average molecular weight is 333 g/mol. The lowest BCUT2D eigenvalue weighted by Crippen LogP contribution is -2.39. The first-order valence-corrected chi connectivity index (χ1v) is 8.56. The molecule has 1 aliphatic heterocycles. The van der Waals surface area contributed by atoms with Gasteiger partial charge in [-0.3, -0.25) is 9.59 Å². The zero-order chi connectivity index (χ0) is 16.2. The first-order chi connectivity index (χ1) is 11.1. The lowest BCUT2D eigenvalue weighted by atomic mass is 9.97. The number of rotatable bonds is 5. The smallest absolute Gasteiger partial charge is 0.251 e. The molecule has 0 spiro atoms. The van der Waals surface area contributed by atoms with Gasteiger partial charge in [-0.2, -0.15) is 0 Å². The van der Waals surface area contributed by atoms with E-state index < -0.39 is 6.04 Å². The largest absolute Gasteiger partial charge is 0.305 e. The van der Waals surface area contributed by atoms with Gasteiger partial charge in [0, 0.05) is 5.02 Å². The Morgan fingerprint density at radius 1 is 1.26 bits per heavy atom. The van der Waals surface area contributed by atoms with E-state index >= 15 is 0 Å². The highest BCUT2D eigenvalue weighted by Gasteiger charge is 2.39. The Balaban J connectivity index is 1.59. The van der Waals surface area contributed by atoms with Gasteiger partial charge in [-0.15, -0.1) is 0 Å². The SMILES string of the molecule is O=C1C[C@@H](NCCC2=CCCCC2)C(=O)N1c1cccc(Cl)c1. The number of carbonyl (C=O) groups excluding carboxylic acids is 2. The second kappa shape index (κ2) is 7.28. The van der Waals surface area contributed by atoms with Gasteiger partial charge in [-0.05, 0) is 56.8 Å². The van der Waals surface area contributed by atoms with E-state index in [0.29, 0.717) is 10.7 Å². The number of allylic oxidation sites excluding steroid dienone is 1. The minimum absolute atomic E-state index is 0.174. The van der Waals surface area contributed by atoms with E-state index in [2.05, 4.69) is 11.4 Å². The Kier molecular flexibility index (Phi) is 5.13. The summed E-state index contributed by atoms with van der Waals surface area (Å²) < 4.78 is 0. The number of nitrogens with one attached hydrogen (secondary N) is 1. The van der Waals surface area contributed by atoms with Crippen molar-refractivity contribution in [3.05, 3.63) is 40.9 Å². The zero-order valence-corrected chi connectivity index (χ0v) is 13.8. The third kappa shape index (κ3) is 3.82. The molecule has 2 amide bonds. The topological polar surface area (TPSA) is 49.4 Å². The van der Waals surface area contributed by atoms with Gasteiger partial charge in [0.25, 0.3) is 5.91 Å². The molecule has 1 aromatic rings. The standard InChI is InChI=1S/C18H21ClN2O2/c19-14-7-4-8-15(11-14)21-17(22)12-16(18(21)23)20-10-9-13-5-2-1-3-6-13/h4-5,7-8,11,16,20H,1-3,6,9-10,12H2/t16-/m1/s1. The molecular weight excluding hydrogens is 312 g/mol. The summed E-state index contributed by atoms with van der Waals surface area (Å²) in [6.45, 7) is 0.735. The summed E-state index contributed by atoms with van der Waals surface area (Å²) >= 11 is 5.95. The molecule has 0 unspecified atom stereocenters. The molecule has 0 saturated carbocycles. The average Bonchev–Trinajstić information content (AvgIpc) is 2.82. The molecule has 4 nitrogen and oxygen atoms in total. The van der Waals surface area contributed by atoms with Gasteiger partial charge in [-0.25, -0.2) is 4.90 Å². The second-order valence-electron chi connectivity index (χ2n) is 6.12. The molecule has 1 N–H and O–H groups in total. The predicted molar refractivity (Wildman–Crippen MR) is 91.5 cm³/mol. The Labute approximate surface area is 141 Å². The van der Waals surface area contributed by atoms with Crippen molar-refractivity contribution in [1.29, 1.82) is 0 Å². The van der Waals surface area contributed by atoms with E-state index in [-0.39, 0.29) is 18.2 Å². The van der Waals surface area contributed by atoms with Gasteiger partial charge in [0.15, 0.2) is 0 Å². The normalized spacial score (nSPS) is 21.7. The van der Waals surface area contributed by atoms with Crippen LogP contribution in [0, 0.1) is 0 Å². The van der Waals surface area contributed by atoms with Crippen molar-refractivity contribution in [3.8, 4) is 0 Å². The number of nitrogens with zero attached hydrogens (tertiary/aromatic N) is 1. The third-order valence-electron chi connectivity index (χ3n) is 4.43. The number of hydrogen-bond acceptors (Lipinski definition) is 3. The molecule has 122 valence electrons. The van der Waals surface area contributed by atoms with Crippen molar-refractivity contribution in [3.63, 3.8) is 0 Å². The molecule has 1 heterocycles. The summed E-state index contributed by atoms with van der Waals surface area (Å²) in [6.07, 6.45) is 8.34. The number of anilines is 1. The summed E-state index contributed by atoms with van der Waals surface area (Å²) in [5.74, 6) is -0.360. The molecule has 1 aliphatic carbocycles. The monoisotopic (exact) mass is 332 g/mol. The molecule has 2 aliphatic rings. The molecule has 0 bridgehead atoms. The fourth-order valence-electron chi connectivity index (χ4n) is 3.22. The van der Waals surface area contributed by atoms with Gasteiger partial charge in [0.05, 0.1) is 18.2 Å². The lowest BCUT2D eigenvalue weighted by Gasteiger charge is -2.17. The molecule has 0 aromatic heterocycles. The molecule has 1 saturated heterocycles. The fourth-order valence-corrected chi connectivity index (χ4v) is 3.40. The number of benzene rings is 1. The van der Waals surface area contributed by atoms with Crippen LogP contribution in [0.15, 0.2) is 35.9 Å². The van der Waals surface area contributed by atoms with Crippen molar-refractivity contribution < 1.29 is 9.59 Å². The van der Waals surface area contributed by atoms with Crippen molar-refractivity contribution in [2.24, 2.45) is 0 Å². The fraction of sp³-hybridized carbons (Fsp3) is 0.444. The number of halogens is 1. The van der Waals surface area contributed by atoms with Crippen LogP contribution >= 0.6 is 11.6 Å². The Morgan fingerprint density at radius 3 is 2.87 bits per heavy atom. The van der Waals surface area contributed by atoms with Gasteiger partial charge in [0.2, 0.25) is 5.91 Å². The van der Waals surface area contributed by atoms with Crippen LogP contribution in [0.1, 0.15) is 38.5 Å². The van der Waals surface area contributed by atoms with Crippen molar-refractivity contribution in [1.82, 2.24) is 5.32 Å². The molecule has 3 rings (SSSR count). The first-order valence-electron chi connectivity index (χ1n) is 8.19. The van der Waals surface area contributed by atoms with Crippen LogP contribution < -0.4 is 10.2 Å². The Morgan fingerprint density at radius 2 is 2.13 bits per heavy atom. The molecule has 1 fully saturated rings. The van der Waals surface area contributed by atoms with E-state index in [1.54, 1.807) is 24.3 Å². The van der Waals surface area contributed by atoms with Gasteiger partial charge in [0.1, 0.15) is 0 Å². The molecular formula is C18H21ClN2O2. The van der Waals surface area contributed by atoms with Crippen molar-refractivity contribution >= 4 is 29.1 Å². The summed E-state index contributed by atoms with van der Waals surface area (Å²) in [5, 5.41) is 3.75. The molecule has 23 heavy (non-hydrogen) atoms. The molecule has 1 aromatic carbocycles. The van der Waals surface area contributed by atoms with E-state index in [1.165, 1.54) is 29.7 Å². The summed E-state index contributed by atoms with van der Waals surface area (Å²) in [6, 6.07) is 6.42. The highest BCUT2D eigenvalue weighted by Crippen LogP contribution is 2.25. The maximum Gasteiger partial charge on any atom is 0.251 e.